The summed E-state index contributed by atoms with van der Waals surface area (Å²) in [5, 5.41) is 9.45. The highest BCUT2D eigenvalue weighted by atomic mass is 16.5. The molecule has 0 rings (SSSR count). The molecule has 6 heteroatoms. The average Bonchev–Trinajstić information content (AvgIpc) is 2.08. The molecule has 0 saturated heterocycles. The van der Waals surface area contributed by atoms with E-state index in [0.29, 0.717) is 0 Å². The normalized spacial score (nSPS) is 14.5. The molecule has 0 bridgehead atoms. The first kappa shape index (κ1) is 18.1. The number of rotatable bonds is 7. The van der Waals surface area contributed by atoms with Gasteiger partial charge in [0.25, 0.3) is 14.7 Å². The van der Waals surface area contributed by atoms with Gasteiger partial charge in [0.1, 0.15) is 0 Å². The van der Waals surface area contributed by atoms with Gasteiger partial charge < -0.3 is 14.4 Å². The Morgan fingerprint density at radius 3 is 1.39 bits per heavy atom. The van der Waals surface area contributed by atoms with Crippen LogP contribution in [0.15, 0.2) is 0 Å². The maximum atomic E-state index is 9.91. The highest BCUT2D eigenvalue weighted by Crippen LogP contribution is 2.36. The van der Waals surface area contributed by atoms with Gasteiger partial charge in [-0.25, -0.2) is 0 Å². The van der Waals surface area contributed by atoms with Gasteiger partial charge in [0, 0.05) is 5.60 Å². The third-order valence-electron chi connectivity index (χ3n) is 3.81. The molecule has 3 nitrogen and oxygen atoms in total. The maximum Gasteiger partial charge on any atom is 0.283 e. The zero-order chi connectivity index (χ0) is 14.8. The van der Waals surface area contributed by atoms with Crippen LogP contribution in [0.25, 0.3) is 0 Å². The lowest BCUT2D eigenvalue weighted by molar-refractivity contribution is -0.0892. The van der Waals surface area contributed by atoms with E-state index in [1.165, 1.54) is 14.7 Å². The molecule has 0 aromatic carbocycles. The molecule has 0 spiro atoms. The fourth-order valence-electron chi connectivity index (χ4n) is 0.692. The largest absolute Gasteiger partial charge is 0.443 e. The molecule has 18 heavy (non-hydrogen) atoms. The molecule has 0 atom stereocenters. The molecule has 0 aliphatic carbocycles. The van der Waals surface area contributed by atoms with E-state index in [0.717, 1.165) is 0 Å². The van der Waals surface area contributed by atoms with Crippen LogP contribution in [-0.2, 0) is 9.31 Å². The summed E-state index contributed by atoms with van der Waals surface area (Å²) in [7, 11) is 8.93. The highest BCUT2D eigenvalue weighted by Gasteiger charge is 2.37. The van der Waals surface area contributed by atoms with Gasteiger partial charge in [-0.3, -0.25) is 0 Å². The van der Waals surface area contributed by atoms with E-state index >= 15 is 0 Å². The van der Waals surface area contributed by atoms with Gasteiger partial charge in [-0.05, 0) is 46.9 Å². The molecule has 0 heterocycles. The smallest absolute Gasteiger partial charge is 0.283 e. The van der Waals surface area contributed by atoms with Crippen molar-refractivity contribution in [2.75, 3.05) is 0 Å². The van der Waals surface area contributed by atoms with Gasteiger partial charge in [-0.2, -0.15) is 0 Å². The Morgan fingerprint density at radius 2 is 1.11 bits per heavy atom. The average molecular weight is 250 g/mol. The highest BCUT2D eigenvalue weighted by molar-refractivity contribution is 6.93. The zero-order valence-electron chi connectivity index (χ0n) is 13.0. The van der Waals surface area contributed by atoms with E-state index in [2.05, 4.69) is 0 Å². The van der Waals surface area contributed by atoms with Crippen LogP contribution in [0.5, 0.6) is 0 Å². The number of hydrogen-bond acceptors (Lipinski definition) is 3. The SMILES string of the molecule is [B]C(C)(C)C(C)(C)O[B][B]OC(C)(C)C(C)(C)O. The second-order valence-electron chi connectivity index (χ2n) is 6.81. The van der Waals surface area contributed by atoms with Crippen molar-refractivity contribution in [3.63, 3.8) is 0 Å². The fourth-order valence-corrected chi connectivity index (χ4v) is 0.692. The van der Waals surface area contributed by atoms with E-state index in [-0.39, 0.29) is 0 Å². The van der Waals surface area contributed by atoms with E-state index in [4.69, 9.17) is 17.2 Å². The molecular weight excluding hydrogens is 225 g/mol. The van der Waals surface area contributed by atoms with Gasteiger partial charge in [0.15, 0.2) is 0 Å². The van der Waals surface area contributed by atoms with E-state index in [1.807, 2.05) is 41.5 Å². The van der Waals surface area contributed by atoms with Crippen LogP contribution in [-0.4, -0.2) is 44.5 Å². The third kappa shape index (κ3) is 4.98. The van der Waals surface area contributed by atoms with Crippen molar-refractivity contribution >= 4 is 22.6 Å². The quantitative estimate of drug-likeness (QED) is 0.553. The van der Waals surface area contributed by atoms with Crippen LogP contribution >= 0.6 is 0 Å². The molecule has 100 valence electrons. The lowest BCUT2D eigenvalue weighted by Crippen LogP contribution is -2.49. The lowest BCUT2D eigenvalue weighted by Gasteiger charge is -2.41. The Hall–Kier alpha value is 0.0748. The first-order chi connectivity index (χ1) is 7.71. The molecular formula is C12H25B3O3. The van der Waals surface area contributed by atoms with Crippen molar-refractivity contribution < 1.29 is 14.4 Å². The van der Waals surface area contributed by atoms with Crippen LogP contribution in [0.3, 0.4) is 0 Å². The molecule has 0 aliphatic rings. The summed E-state index contributed by atoms with van der Waals surface area (Å²) < 4.78 is 11.1. The molecule has 0 unspecified atom stereocenters. The summed E-state index contributed by atoms with van der Waals surface area (Å²) in [5.74, 6) is 0. The lowest BCUT2D eigenvalue weighted by atomic mass is 9.58. The monoisotopic (exact) mass is 250 g/mol. The summed E-state index contributed by atoms with van der Waals surface area (Å²) in [4.78, 5) is 0. The van der Waals surface area contributed by atoms with Crippen molar-refractivity contribution in [1.29, 1.82) is 0 Å². The minimum absolute atomic E-state index is 0.469. The standard InChI is InChI=1S/C12H25B3O3/c1-9(2,13)11(5,6)17-14-15-18-12(7,8)10(3,4)16/h16H,1-8H3. The molecule has 4 radical (unpaired) electrons. The van der Waals surface area contributed by atoms with Crippen LogP contribution in [0.4, 0.5) is 0 Å². The Kier molecular flexibility index (Phi) is 5.62. The predicted octanol–water partition coefficient (Wildman–Crippen LogP) is 1.87. The summed E-state index contributed by atoms with van der Waals surface area (Å²) in [6, 6.07) is 0. The molecule has 0 aromatic rings. The van der Waals surface area contributed by atoms with Crippen LogP contribution in [0.1, 0.15) is 55.4 Å². The predicted molar refractivity (Wildman–Crippen MR) is 77.9 cm³/mol. The summed E-state index contributed by atoms with van der Waals surface area (Å²) in [6.45, 7) is 14.7. The fraction of sp³-hybridized carbons (Fsp3) is 1.00. The van der Waals surface area contributed by atoms with E-state index in [9.17, 15) is 5.11 Å². The third-order valence-corrected chi connectivity index (χ3v) is 3.81. The molecule has 0 aliphatic heterocycles. The summed E-state index contributed by atoms with van der Waals surface area (Å²) in [5.41, 5.74) is -2.15. The number of aliphatic hydroxyl groups is 1. The maximum absolute atomic E-state index is 9.91. The Balaban J connectivity index is 4.17. The second kappa shape index (κ2) is 5.60. The molecule has 0 saturated carbocycles. The molecule has 1 N–H and O–H groups in total. The van der Waals surface area contributed by atoms with Crippen LogP contribution < -0.4 is 0 Å². The van der Waals surface area contributed by atoms with Gasteiger partial charge in [0.2, 0.25) is 0 Å². The van der Waals surface area contributed by atoms with E-state index < -0.39 is 22.1 Å². The topological polar surface area (TPSA) is 38.7 Å². The summed E-state index contributed by atoms with van der Waals surface area (Å²) >= 11 is 0. The second-order valence-corrected chi connectivity index (χ2v) is 6.81. The van der Waals surface area contributed by atoms with E-state index in [1.54, 1.807) is 13.8 Å². The van der Waals surface area contributed by atoms with Crippen molar-refractivity contribution in [3.05, 3.63) is 0 Å². The Bertz CT molecular complexity index is 237. The first-order valence-electron chi connectivity index (χ1n) is 6.23. The van der Waals surface area contributed by atoms with Gasteiger partial charge in [-0.1, -0.05) is 13.8 Å². The van der Waals surface area contributed by atoms with Gasteiger partial charge in [0.05, 0.1) is 19.0 Å². The van der Waals surface area contributed by atoms with Crippen LogP contribution in [0, 0.1) is 0 Å². The molecule has 0 amide bonds. The first-order valence-corrected chi connectivity index (χ1v) is 6.23. The minimum atomic E-state index is -0.944. The molecule has 0 fully saturated rings. The molecule has 0 aromatic heterocycles. The van der Waals surface area contributed by atoms with Crippen molar-refractivity contribution in [2.45, 2.75) is 77.5 Å². The zero-order valence-corrected chi connectivity index (χ0v) is 13.0. The number of hydrogen-bond donors (Lipinski definition) is 1. The summed E-state index contributed by atoms with van der Waals surface area (Å²) in [6.07, 6.45) is 0. The Labute approximate surface area is 115 Å². The Morgan fingerprint density at radius 1 is 0.778 bits per heavy atom. The van der Waals surface area contributed by atoms with Crippen molar-refractivity contribution in [2.24, 2.45) is 0 Å². The van der Waals surface area contributed by atoms with Crippen LogP contribution in [0.2, 0.25) is 5.31 Å². The van der Waals surface area contributed by atoms with Gasteiger partial charge in [-0.15, -0.1) is 0 Å². The van der Waals surface area contributed by atoms with Gasteiger partial charge >= 0.3 is 0 Å². The van der Waals surface area contributed by atoms with Crippen molar-refractivity contribution in [3.8, 4) is 0 Å². The minimum Gasteiger partial charge on any atom is -0.443 e. The van der Waals surface area contributed by atoms with Crippen molar-refractivity contribution in [1.82, 2.24) is 0 Å².